The fourth-order valence-electron chi connectivity index (χ4n) is 0.338. The maximum absolute atomic E-state index is 9.86. The Hall–Kier alpha value is -1.03. The van der Waals surface area contributed by atoms with Crippen LogP contribution in [-0.2, 0) is 0 Å². The molecule has 0 aliphatic rings. The average molecular weight is 131 g/mol. The third kappa shape index (κ3) is 3.54. The summed E-state index contributed by atoms with van der Waals surface area (Å²) in [6, 6.07) is -0.553. The van der Waals surface area contributed by atoms with Crippen molar-refractivity contribution in [1.82, 2.24) is 5.32 Å². The van der Waals surface area contributed by atoms with Crippen molar-refractivity contribution in [3.05, 3.63) is 12.7 Å². The number of aliphatic hydroxyl groups is 1. The summed E-state index contributed by atoms with van der Waals surface area (Å²) in [5.74, 6) is 0. The first-order valence-electron chi connectivity index (χ1n) is 2.43. The van der Waals surface area contributed by atoms with Gasteiger partial charge in [-0.25, -0.2) is 4.79 Å². The van der Waals surface area contributed by atoms with Crippen molar-refractivity contribution in [2.45, 2.75) is 6.04 Å². The monoisotopic (exact) mass is 131 g/mol. The summed E-state index contributed by atoms with van der Waals surface area (Å²) >= 11 is 0. The lowest BCUT2D eigenvalue weighted by Gasteiger charge is -2.06. The molecule has 0 aromatic rings. The van der Waals surface area contributed by atoms with Crippen molar-refractivity contribution < 1.29 is 15.0 Å². The van der Waals surface area contributed by atoms with Gasteiger partial charge in [-0.2, -0.15) is 0 Å². The zero-order valence-corrected chi connectivity index (χ0v) is 4.87. The summed E-state index contributed by atoms with van der Waals surface area (Å²) in [6.07, 6.45) is 0.169. The maximum Gasteiger partial charge on any atom is 0.405 e. The zero-order valence-electron chi connectivity index (χ0n) is 4.87. The van der Waals surface area contributed by atoms with Crippen molar-refractivity contribution in [2.24, 2.45) is 0 Å². The molecule has 9 heavy (non-hydrogen) atoms. The number of aliphatic hydroxyl groups excluding tert-OH is 1. The van der Waals surface area contributed by atoms with E-state index in [4.69, 9.17) is 10.2 Å². The molecule has 0 aliphatic heterocycles. The van der Waals surface area contributed by atoms with Gasteiger partial charge in [-0.1, -0.05) is 6.08 Å². The SMILES string of the molecule is C=C[C@@H](CO)NC(=O)O. The van der Waals surface area contributed by atoms with E-state index in [1.54, 1.807) is 0 Å². The molecule has 0 aromatic heterocycles. The van der Waals surface area contributed by atoms with Gasteiger partial charge < -0.3 is 15.5 Å². The minimum atomic E-state index is -1.16. The molecule has 0 unspecified atom stereocenters. The third-order valence-corrected chi connectivity index (χ3v) is 0.790. The average Bonchev–Trinajstić information content (AvgIpc) is 1.82. The van der Waals surface area contributed by atoms with Gasteiger partial charge in [0.1, 0.15) is 0 Å². The molecule has 0 aromatic carbocycles. The van der Waals surface area contributed by atoms with Crippen molar-refractivity contribution in [3.8, 4) is 0 Å². The largest absolute Gasteiger partial charge is 0.465 e. The van der Waals surface area contributed by atoms with E-state index in [1.807, 2.05) is 5.32 Å². The lowest BCUT2D eigenvalue weighted by molar-refractivity contribution is 0.183. The van der Waals surface area contributed by atoms with Crippen molar-refractivity contribution in [3.63, 3.8) is 0 Å². The van der Waals surface area contributed by atoms with Crippen LogP contribution < -0.4 is 5.32 Å². The van der Waals surface area contributed by atoms with E-state index in [0.717, 1.165) is 0 Å². The van der Waals surface area contributed by atoms with Crippen LogP contribution in [0.3, 0.4) is 0 Å². The first-order valence-corrected chi connectivity index (χ1v) is 2.43. The lowest BCUT2D eigenvalue weighted by Crippen LogP contribution is -2.34. The Morgan fingerprint density at radius 2 is 2.44 bits per heavy atom. The van der Waals surface area contributed by atoms with E-state index in [9.17, 15) is 4.79 Å². The quantitative estimate of drug-likeness (QED) is 0.464. The van der Waals surface area contributed by atoms with E-state index in [1.165, 1.54) is 6.08 Å². The number of amides is 1. The van der Waals surface area contributed by atoms with Gasteiger partial charge >= 0.3 is 6.09 Å². The van der Waals surface area contributed by atoms with Crippen LogP contribution in [0.4, 0.5) is 4.79 Å². The smallest absolute Gasteiger partial charge is 0.405 e. The Morgan fingerprint density at radius 3 is 2.56 bits per heavy atom. The van der Waals surface area contributed by atoms with Gasteiger partial charge in [0, 0.05) is 0 Å². The Morgan fingerprint density at radius 1 is 1.89 bits per heavy atom. The van der Waals surface area contributed by atoms with E-state index in [2.05, 4.69) is 6.58 Å². The molecule has 1 atom stereocenters. The predicted molar refractivity (Wildman–Crippen MR) is 32.2 cm³/mol. The molecular weight excluding hydrogens is 122 g/mol. The van der Waals surface area contributed by atoms with Crippen LogP contribution in [0.25, 0.3) is 0 Å². The number of hydrogen-bond acceptors (Lipinski definition) is 2. The Balaban J connectivity index is 3.55. The standard InChI is InChI=1S/C5H9NO3/c1-2-4(3-7)6-5(8)9/h2,4,6-7H,1,3H2,(H,8,9)/t4-/m0/s1. The van der Waals surface area contributed by atoms with Gasteiger partial charge in [0.25, 0.3) is 0 Å². The summed E-state index contributed by atoms with van der Waals surface area (Å²) in [5.41, 5.74) is 0. The normalized spacial score (nSPS) is 12.1. The highest BCUT2D eigenvalue weighted by Crippen LogP contribution is 1.80. The molecule has 0 saturated heterocycles. The van der Waals surface area contributed by atoms with Crippen LogP contribution in [0, 0.1) is 0 Å². The first kappa shape index (κ1) is 7.97. The second kappa shape index (κ2) is 3.91. The molecule has 0 radical (unpaired) electrons. The molecule has 0 rings (SSSR count). The third-order valence-electron chi connectivity index (χ3n) is 0.790. The van der Waals surface area contributed by atoms with E-state index in [0.29, 0.717) is 0 Å². The van der Waals surface area contributed by atoms with Crippen LogP contribution in [0.2, 0.25) is 0 Å². The molecule has 0 heterocycles. The van der Waals surface area contributed by atoms with E-state index < -0.39 is 12.1 Å². The van der Waals surface area contributed by atoms with Crippen LogP contribution in [0.5, 0.6) is 0 Å². The van der Waals surface area contributed by atoms with E-state index in [-0.39, 0.29) is 6.61 Å². The lowest BCUT2D eigenvalue weighted by atomic mass is 10.3. The van der Waals surface area contributed by atoms with Gasteiger partial charge in [-0.15, -0.1) is 6.58 Å². The minimum Gasteiger partial charge on any atom is -0.465 e. The number of hydrogen-bond donors (Lipinski definition) is 3. The van der Waals surface area contributed by atoms with Crippen molar-refractivity contribution in [2.75, 3.05) is 6.61 Å². The van der Waals surface area contributed by atoms with Crippen LogP contribution >= 0.6 is 0 Å². The molecule has 0 spiro atoms. The second-order valence-electron chi connectivity index (χ2n) is 1.47. The molecule has 52 valence electrons. The highest BCUT2D eigenvalue weighted by Gasteiger charge is 2.02. The number of carboxylic acid groups (broad SMARTS) is 1. The minimum absolute atomic E-state index is 0.254. The summed E-state index contributed by atoms with van der Waals surface area (Å²) in [5, 5.41) is 18.5. The Labute approximate surface area is 52.8 Å². The summed E-state index contributed by atoms with van der Waals surface area (Å²) in [7, 11) is 0. The number of carbonyl (C=O) groups is 1. The number of nitrogens with one attached hydrogen (secondary N) is 1. The highest BCUT2D eigenvalue weighted by molar-refractivity contribution is 5.65. The summed E-state index contributed by atoms with van der Waals surface area (Å²) in [4.78, 5) is 9.86. The molecule has 0 saturated carbocycles. The van der Waals surface area contributed by atoms with Crippen LogP contribution in [0.15, 0.2) is 12.7 Å². The van der Waals surface area contributed by atoms with Crippen LogP contribution in [-0.4, -0.2) is 29.0 Å². The Bertz CT molecular complexity index is 113. The summed E-state index contributed by atoms with van der Waals surface area (Å²) in [6.45, 7) is 3.04. The topological polar surface area (TPSA) is 69.6 Å². The molecule has 1 amide bonds. The fraction of sp³-hybridized carbons (Fsp3) is 0.400. The first-order chi connectivity index (χ1) is 4.20. The molecule has 3 N–H and O–H groups in total. The van der Waals surface area contributed by atoms with E-state index >= 15 is 0 Å². The van der Waals surface area contributed by atoms with Gasteiger partial charge in [-0.05, 0) is 0 Å². The molecule has 0 fully saturated rings. The fourth-order valence-corrected chi connectivity index (χ4v) is 0.338. The van der Waals surface area contributed by atoms with Crippen LogP contribution in [0.1, 0.15) is 0 Å². The van der Waals surface area contributed by atoms with Gasteiger partial charge in [0.2, 0.25) is 0 Å². The molecular formula is C5H9NO3. The van der Waals surface area contributed by atoms with Crippen molar-refractivity contribution in [1.29, 1.82) is 0 Å². The highest BCUT2D eigenvalue weighted by atomic mass is 16.4. The van der Waals surface area contributed by atoms with Gasteiger partial charge in [-0.3, -0.25) is 0 Å². The summed E-state index contributed by atoms with van der Waals surface area (Å²) < 4.78 is 0. The molecule has 0 aliphatic carbocycles. The van der Waals surface area contributed by atoms with Gasteiger partial charge in [0.05, 0.1) is 12.6 Å². The Kier molecular flexibility index (Phi) is 3.46. The molecule has 4 heteroatoms. The van der Waals surface area contributed by atoms with Crippen molar-refractivity contribution >= 4 is 6.09 Å². The number of rotatable bonds is 3. The predicted octanol–water partition coefficient (Wildman–Crippen LogP) is -0.199. The maximum atomic E-state index is 9.86. The molecule has 0 bridgehead atoms. The van der Waals surface area contributed by atoms with Gasteiger partial charge in [0.15, 0.2) is 0 Å². The zero-order chi connectivity index (χ0) is 7.28. The molecule has 4 nitrogen and oxygen atoms in total. The second-order valence-corrected chi connectivity index (χ2v) is 1.47.